The van der Waals surface area contributed by atoms with Gasteiger partial charge >= 0.3 is 11.9 Å². The lowest BCUT2D eigenvalue weighted by Gasteiger charge is -2.20. The number of benzene rings is 1. The number of hydrogen-bond acceptors (Lipinski definition) is 5. The highest BCUT2D eigenvalue weighted by atomic mass is 16.6. The van der Waals surface area contributed by atoms with Crippen molar-refractivity contribution < 1.29 is 19.1 Å². The maximum Gasteiger partial charge on any atom is 0.335 e. The Labute approximate surface area is 173 Å². The molecule has 0 aliphatic carbocycles. The summed E-state index contributed by atoms with van der Waals surface area (Å²) < 4.78 is 10.7. The van der Waals surface area contributed by atoms with Gasteiger partial charge in [0.1, 0.15) is 0 Å². The topological polar surface area (TPSA) is 64.6 Å². The number of rotatable bonds is 11. The lowest BCUT2D eigenvalue weighted by Crippen LogP contribution is -2.37. The average Bonchev–Trinajstić information content (AvgIpc) is 2.63. The first-order valence-electron chi connectivity index (χ1n) is 9.61. The number of allylic oxidation sites excluding steroid dienone is 4. The van der Waals surface area contributed by atoms with Crippen LogP contribution in [0.5, 0.6) is 11.5 Å². The van der Waals surface area contributed by atoms with Crippen LogP contribution in [-0.4, -0.2) is 24.0 Å². The summed E-state index contributed by atoms with van der Waals surface area (Å²) in [6.07, 6.45) is 11.1. The zero-order chi connectivity index (χ0) is 21.7. The van der Waals surface area contributed by atoms with E-state index in [-0.39, 0.29) is 17.0 Å². The molecule has 0 saturated heterocycles. The molecule has 1 N–H and O–H groups in total. The molecule has 1 aromatic carbocycles. The van der Waals surface area contributed by atoms with Gasteiger partial charge in [-0.2, -0.15) is 0 Å². The summed E-state index contributed by atoms with van der Waals surface area (Å²) in [5, 5.41) is 3.41. The predicted octanol–water partition coefficient (Wildman–Crippen LogP) is 4.69. The van der Waals surface area contributed by atoms with Crippen molar-refractivity contribution in [2.75, 3.05) is 6.54 Å². The minimum atomic E-state index is -0.548. The first-order chi connectivity index (χ1) is 13.7. The second kappa shape index (κ2) is 12.5. The zero-order valence-electron chi connectivity index (χ0n) is 17.6. The molecule has 1 rings (SSSR count). The Morgan fingerprint density at radius 3 is 2.03 bits per heavy atom. The molecular formula is C24H31NO4. The molecule has 5 nitrogen and oxygen atoms in total. The summed E-state index contributed by atoms with van der Waals surface area (Å²) in [6.45, 7) is 14.2. The molecular weight excluding hydrogens is 366 g/mol. The van der Waals surface area contributed by atoms with E-state index >= 15 is 0 Å². The molecule has 0 unspecified atom stereocenters. The molecule has 29 heavy (non-hydrogen) atoms. The SMILES string of the molecule is C=CC/C=C/C(=O)Oc1ccc(CCNC(C)(C)C)cc1OC(=O)/C=C/CC=C. The Bertz CT molecular complexity index is 770. The van der Waals surface area contributed by atoms with E-state index < -0.39 is 11.9 Å². The van der Waals surface area contributed by atoms with Crippen LogP contribution in [0.25, 0.3) is 0 Å². The summed E-state index contributed by atoms with van der Waals surface area (Å²) in [4.78, 5) is 24.1. The van der Waals surface area contributed by atoms with Gasteiger partial charge in [0.15, 0.2) is 11.5 Å². The quantitative estimate of drug-likeness (QED) is 0.254. The Morgan fingerprint density at radius 2 is 1.52 bits per heavy atom. The van der Waals surface area contributed by atoms with Crippen molar-refractivity contribution in [1.82, 2.24) is 5.32 Å². The number of carbonyl (C=O) groups excluding carboxylic acids is 2. The van der Waals surface area contributed by atoms with Crippen LogP contribution >= 0.6 is 0 Å². The van der Waals surface area contributed by atoms with Crippen molar-refractivity contribution >= 4 is 11.9 Å². The van der Waals surface area contributed by atoms with Crippen LogP contribution < -0.4 is 14.8 Å². The van der Waals surface area contributed by atoms with Crippen LogP contribution in [0.1, 0.15) is 39.2 Å². The third-order valence-electron chi connectivity index (χ3n) is 3.61. The van der Waals surface area contributed by atoms with Crippen LogP contribution in [0.2, 0.25) is 0 Å². The Kier molecular flexibility index (Phi) is 10.4. The Hall–Kier alpha value is -2.92. The number of esters is 2. The van der Waals surface area contributed by atoms with E-state index in [4.69, 9.17) is 9.47 Å². The molecule has 0 amide bonds. The molecule has 0 aliphatic heterocycles. The molecule has 0 atom stereocenters. The molecule has 1 aromatic rings. The fourth-order valence-electron chi connectivity index (χ4n) is 2.26. The zero-order valence-corrected chi connectivity index (χ0v) is 17.6. The maximum absolute atomic E-state index is 12.1. The van der Waals surface area contributed by atoms with E-state index in [9.17, 15) is 9.59 Å². The van der Waals surface area contributed by atoms with Gasteiger partial charge in [-0.05, 0) is 64.3 Å². The number of nitrogens with one attached hydrogen (secondary N) is 1. The largest absolute Gasteiger partial charge is 0.419 e. The minimum absolute atomic E-state index is 0.0124. The first-order valence-corrected chi connectivity index (χ1v) is 9.61. The number of ether oxygens (including phenoxy) is 2. The normalized spacial score (nSPS) is 11.6. The van der Waals surface area contributed by atoms with Crippen LogP contribution in [0.4, 0.5) is 0 Å². The first kappa shape index (κ1) is 24.1. The van der Waals surface area contributed by atoms with Crippen LogP contribution in [0.15, 0.2) is 67.8 Å². The van der Waals surface area contributed by atoms with E-state index in [0.29, 0.717) is 12.8 Å². The lowest BCUT2D eigenvalue weighted by atomic mass is 10.1. The molecule has 0 bridgehead atoms. The molecule has 5 heteroatoms. The molecule has 0 aromatic heterocycles. The standard InChI is InChI=1S/C24H31NO4/c1-6-8-10-12-22(26)28-20-15-14-19(16-17-25-24(3,4)5)18-21(20)29-23(27)13-11-9-7-2/h6-7,10-15,18,25H,1-2,8-9,16-17H2,3-5H3/b12-10+,13-11+. The molecule has 0 aliphatic rings. The molecule has 0 fully saturated rings. The van der Waals surface area contributed by atoms with Gasteiger partial charge in [0.05, 0.1) is 0 Å². The van der Waals surface area contributed by atoms with Crippen molar-refractivity contribution in [3.8, 4) is 11.5 Å². The van der Waals surface area contributed by atoms with E-state index in [1.54, 1.807) is 36.4 Å². The van der Waals surface area contributed by atoms with Gasteiger partial charge < -0.3 is 14.8 Å². The van der Waals surface area contributed by atoms with Gasteiger partial charge in [-0.1, -0.05) is 30.4 Å². The van der Waals surface area contributed by atoms with E-state index in [2.05, 4.69) is 39.2 Å². The second-order valence-electron chi connectivity index (χ2n) is 7.40. The smallest absolute Gasteiger partial charge is 0.335 e. The van der Waals surface area contributed by atoms with Gasteiger partial charge in [0, 0.05) is 17.7 Å². The van der Waals surface area contributed by atoms with Gasteiger partial charge in [0.25, 0.3) is 0 Å². The van der Waals surface area contributed by atoms with Crippen molar-refractivity contribution in [1.29, 1.82) is 0 Å². The minimum Gasteiger partial charge on any atom is -0.419 e. The summed E-state index contributed by atoms with van der Waals surface area (Å²) >= 11 is 0. The summed E-state index contributed by atoms with van der Waals surface area (Å²) in [7, 11) is 0. The third kappa shape index (κ3) is 10.9. The highest BCUT2D eigenvalue weighted by Gasteiger charge is 2.14. The van der Waals surface area contributed by atoms with Crippen molar-refractivity contribution in [3.63, 3.8) is 0 Å². The van der Waals surface area contributed by atoms with Gasteiger partial charge in [-0.15, -0.1) is 13.2 Å². The van der Waals surface area contributed by atoms with Crippen molar-refractivity contribution in [2.45, 2.75) is 45.6 Å². The highest BCUT2D eigenvalue weighted by Crippen LogP contribution is 2.29. The van der Waals surface area contributed by atoms with E-state index in [1.165, 1.54) is 12.2 Å². The third-order valence-corrected chi connectivity index (χ3v) is 3.61. The predicted molar refractivity (Wildman–Crippen MR) is 117 cm³/mol. The summed E-state index contributed by atoms with van der Waals surface area (Å²) in [5.41, 5.74) is 0.972. The van der Waals surface area contributed by atoms with E-state index in [0.717, 1.165) is 18.5 Å². The molecule has 0 heterocycles. The second-order valence-corrected chi connectivity index (χ2v) is 7.40. The monoisotopic (exact) mass is 397 g/mol. The molecule has 0 radical (unpaired) electrons. The Morgan fingerprint density at radius 1 is 0.966 bits per heavy atom. The maximum atomic E-state index is 12.1. The highest BCUT2D eigenvalue weighted by molar-refractivity contribution is 5.86. The summed E-state index contributed by atoms with van der Waals surface area (Å²) in [6, 6.07) is 5.21. The van der Waals surface area contributed by atoms with Gasteiger partial charge in [0.2, 0.25) is 0 Å². The fraction of sp³-hybridized carbons (Fsp3) is 0.333. The van der Waals surface area contributed by atoms with Crippen molar-refractivity contribution in [3.05, 3.63) is 73.4 Å². The summed E-state index contributed by atoms with van der Waals surface area (Å²) in [5.74, 6) is -0.696. The molecule has 156 valence electrons. The van der Waals surface area contributed by atoms with Crippen LogP contribution in [0.3, 0.4) is 0 Å². The van der Waals surface area contributed by atoms with Crippen LogP contribution in [-0.2, 0) is 16.0 Å². The van der Waals surface area contributed by atoms with Gasteiger partial charge in [-0.3, -0.25) is 0 Å². The number of hydrogen-bond donors (Lipinski definition) is 1. The Balaban J connectivity index is 2.96. The van der Waals surface area contributed by atoms with Crippen LogP contribution in [0, 0.1) is 0 Å². The van der Waals surface area contributed by atoms with Gasteiger partial charge in [-0.25, -0.2) is 9.59 Å². The average molecular weight is 398 g/mol. The lowest BCUT2D eigenvalue weighted by molar-refractivity contribution is -0.131. The fourth-order valence-corrected chi connectivity index (χ4v) is 2.26. The molecule has 0 spiro atoms. The molecule has 0 saturated carbocycles. The van der Waals surface area contributed by atoms with E-state index in [1.807, 2.05) is 6.07 Å². The van der Waals surface area contributed by atoms with Crippen molar-refractivity contribution in [2.24, 2.45) is 0 Å². The number of carbonyl (C=O) groups is 2.